The van der Waals surface area contributed by atoms with E-state index >= 15 is 0 Å². The zero-order chi connectivity index (χ0) is 13.7. The van der Waals surface area contributed by atoms with E-state index in [-0.39, 0.29) is 17.9 Å². The molecule has 1 aromatic heterocycles. The van der Waals surface area contributed by atoms with Gasteiger partial charge in [0.1, 0.15) is 0 Å². The molecule has 0 aromatic carbocycles. The third kappa shape index (κ3) is 3.65. The number of alkyl halides is 1. The van der Waals surface area contributed by atoms with Crippen LogP contribution in [0.5, 0.6) is 0 Å². The molecular weight excluding hydrogens is 310 g/mol. The lowest BCUT2D eigenvalue weighted by Gasteiger charge is -2.17. The number of amides is 1. The van der Waals surface area contributed by atoms with Crippen LogP contribution >= 0.6 is 15.9 Å². The number of H-pyrrole nitrogens is 1. The number of rotatable bonds is 5. The maximum absolute atomic E-state index is 11.8. The van der Waals surface area contributed by atoms with Crippen LogP contribution < -0.4 is 10.9 Å². The molecule has 1 aliphatic carbocycles. The molecule has 2 N–H and O–H groups in total. The number of fused-ring (bicyclic) bond motifs is 1. The molecular formula is C13H18BrN3O2. The molecule has 0 fully saturated rings. The van der Waals surface area contributed by atoms with Crippen molar-refractivity contribution in [2.45, 2.75) is 38.5 Å². The third-order valence-corrected chi connectivity index (χ3v) is 3.90. The van der Waals surface area contributed by atoms with Crippen molar-refractivity contribution >= 4 is 21.8 Å². The van der Waals surface area contributed by atoms with Gasteiger partial charge in [-0.05, 0) is 37.7 Å². The van der Waals surface area contributed by atoms with E-state index in [9.17, 15) is 9.59 Å². The number of hydrogen-bond donors (Lipinski definition) is 2. The maximum Gasteiger partial charge on any atom is 0.267 e. The highest BCUT2D eigenvalue weighted by molar-refractivity contribution is 9.09. The monoisotopic (exact) mass is 327 g/mol. The normalized spacial score (nSPS) is 13.9. The Hall–Kier alpha value is -1.17. The molecule has 0 bridgehead atoms. The highest BCUT2D eigenvalue weighted by Crippen LogP contribution is 2.20. The Bertz CT molecular complexity index is 513. The van der Waals surface area contributed by atoms with Crippen molar-refractivity contribution in [2.75, 3.05) is 11.9 Å². The molecule has 1 aliphatic rings. The first-order valence-corrected chi connectivity index (χ1v) is 7.76. The zero-order valence-electron chi connectivity index (χ0n) is 10.8. The number of carbonyl (C=O) groups excluding carboxylic acids is 1. The summed E-state index contributed by atoms with van der Waals surface area (Å²) in [6.07, 6.45) is 4.92. The van der Waals surface area contributed by atoms with Crippen LogP contribution in [0.3, 0.4) is 0 Å². The SMILES string of the molecule is O=C(Cc1n[nH]c(=O)c2c1CCCC2)NCCCBr. The summed E-state index contributed by atoms with van der Waals surface area (Å²) < 4.78 is 0. The van der Waals surface area contributed by atoms with Crippen molar-refractivity contribution in [3.8, 4) is 0 Å². The zero-order valence-corrected chi connectivity index (χ0v) is 12.4. The number of nitrogens with zero attached hydrogens (tertiary/aromatic N) is 1. The second-order valence-electron chi connectivity index (χ2n) is 4.73. The Balaban J connectivity index is 2.08. The van der Waals surface area contributed by atoms with E-state index in [1.54, 1.807) is 0 Å². The summed E-state index contributed by atoms with van der Waals surface area (Å²) in [5.41, 5.74) is 2.44. The summed E-state index contributed by atoms with van der Waals surface area (Å²) in [6, 6.07) is 0. The maximum atomic E-state index is 11.8. The van der Waals surface area contributed by atoms with E-state index in [4.69, 9.17) is 0 Å². The summed E-state index contributed by atoms with van der Waals surface area (Å²) in [5.74, 6) is -0.0340. The van der Waals surface area contributed by atoms with E-state index in [1.807, 2.05) is 0 Å². The minimum absolute atomic E-state index is 0.0340. The Morgan fingerprint density at radius 1 is 1.32 bits per heavy atom. The quantitative estimate of drug-likeness (QED) is 0.628. The predicted octanol–water partition coefficient (Wildman–Crippen LogP) is 1.09. The lowest BCUT2D eigenvalue weighted by molar-refractivity contribution is -0.120. The van der Waals surface area contributed by atoms with E-state index < -0.39 is 0 Å². The highest BCUT2D eigenvalue weighted by Gasteiger charge is 2.19. The van der Waals surface area contributed by atoms with E-state index in [2.05, 4.69) is 31.4 Å². The standard InChI is InChI=1S/C13H18BrN3O2/c14-6-3-7-15-12(18)8-11-9-4-1-2-5-10(9)13(19)17-16-11/h1-8H2,(H,15,18)(H,17,19). The highest BCUT2D eigenvalue weighted by atomic mass is 79.9. The summed E-state index contributed by atoms with van der Waals surface area (Å²) in [4.78, 5) is 23.5. The van der Waals surface area contributed by atoms with E-state index in [0.29, 0.717) is 6.54 Å². The van der Waals surface area contributed by atoms with Gasteiger partial charge >= 0.3 is 0 Å². The minimum atomic E-state index is -0.0989. The third-order valence-electron chi connectivity index (χ3n) is 3.34. The van der Waals surface area contributed by atoms with Gasteiger partial charge in [0.25, 0.3) is 5.56 Å². The van der Waals surface area contributed by atoms with Crippen LogP contribution in [-0.4, -0.2) is 28.0 Å². The molecule has 0 saturated heterocycles. The number of halogens is 1. The molecule has 0 spiro atoms. The van der Waals surface area contributed by atoms with Crippen molar-refractivity contribution < 1.29 is 4.79 Å². The first-order valence-electron chi connectivity index (χ1n) is 6.64. The van der Waals surface area contributed by atoms with Gasteiger partial charge in [0.2, 0.25) is 5.91 Å². The number of nitrogens with one attached hydrogen (secondary N) is 2. The molecule has 0 unspecified atom stereocenters. The van der Waals surface area contributed by atoms with E-state index in [0.717, 1.165) is 54.3 Å². The van der Waals surface area contributed by atoms with Gasteiger partial charge in [-0.15, -0.1) is 0 Å². The molecule has 2 rings (SSSR count). The van der Waals surface area contributed by atoms with Gasteiger partial charge in [-0.1, -0.05) is 15.9 Å². The van der Waals surface area contributed by atoms with Crippen LogP contribution in [0.25, 0.3) is 0 Å². The summed E-state index contributed by atoms with van der Waals surface area (Å²) in [7, 11) is 0. The minimum Gasteiger partial charge on any atom is -0.356 e. The van der Waals surface area contributed by atoms with Crippen LogP contribution in [0.1, 0.15) is 36.1 Å². The number of aromatic amines is 1. The van der Waals surface area contributed by atoms with Crippen LogP contribution in [0.15, 0.2) is 4.79 Å². The molecule has 19 heavy (non-hydrogen) atoms. The topological polar surface area (TPSA) is 74.8 Å². The lowest BCUT2D eigenvalue weighted by Crippen LogP contribution is -2.29. The number of hydrogen-bond acceptors (Lipinski definition) is 3. The fourth-order valence-electron chi connectivity index (χ4n) is 2.38. The second kappa shape index (κ2) is 6.84. The number of carbonyl (C=O) groups is 1. The largest absolute Gasteiger partial charge is 0.356 e. The fraction of sp³-hybridized carbons (Fsp3) is 0.615. The molecule has 1 heterocycles. The van der Waals surface area contributed by atoms with Crippen molar-refractivity contribution in [3.63, 3.8) is 0 Å². The van der Waals surface area contributed by atoms with Gasteiger partial charge in [0, 0.05) is 17.4 Å². The summed E-state index contributed by atoms with van der Waals surface area (Å²) >= 11 is 3.32. The lowest BCUT2D eigenvalue weighted by atomic mass is 9.91. The van der Waals surface area contributed by atoms with E-state index in [1.165, 1.54) is 0 Å². The molecule has 6 heteroatoms. The van der Waals surface area contributed by atoms with Crippen LogP contribution in [0, 0.1) is 0 Å². The summed E-state index contributed by atoms with van der Waals surface area (Å²) in [5, 5.41) is 10.3. The van der Waals surface area contributed by atoms with Crippen LogP contribution in [0.2, 0.25) is 0 Å². The molecule has 5 nitrogen and oxygen atoms in total. The predicted molar refractivity (Wildman–Crippen MR) is 76.6 cm³/mol. The Morgan fingerprint density at radius 2 is 2.05 bits per heavy atom. The molecule has 0 saturated carbocycles. The van der Waals surface area contributed by atoms with Crippen LogP contribution in [-0.2, 0) is 24.1 Å². The molecule has 0 atom stereocenters. The van der Waals surface area contributed by atoms with Gasteiger partial charge in [-0.3, -0.25) is 9.59 Å². The number of aromatic nitrogens is 2. The molecule has 0 radical (unpaired) electrons. The average molecular weight is 328 g/mol. The van der Waals surface area contributed by atoms with Gasteiger partial charge in [0.15, 0.2) is 0 Å². The van der Waals surface area contributed by atoms with Crippen molar-refractivity contribution in [1.29, 1.82) is 0 Å². The molecule has 1 aromatic rings. The van der Waals surface area contributed by atoms with Crippen molar-refractivity contribution in [2.24, 2.45) is 0 Å². The summed E-state index contributed by atoms with van der Waals surface area (Å²) in [6.45, 7) is 0.662. The van der Waals surface area contributed by atoms with Crippen molar-refractivity contribution in [3.05, 3.63) is 27.2 Å². The first kappa shape index (κ1) is 14.2. The smallest absolute Gasteiger partial charge is 0.267 e. The Kier molecular flexibility index (Phi) is 5.13. The van der Waals surface area contributed by atoms with Gasteiger partial charge in [0.05, 0.1) is 12.1 Å². The van der Waals surface area contributed by atoms with Gasteiger partial charge in [-0.25, -0.2) is 5.10 Å². The molecule has 0 aliphatic heterocycles. The fourth-order valence-corrected chi connectivity index (χ4v) is 2.66. The Labute approximate surface area is 120 Å². The second-order valence-corrected chi connectivity index (χ2v) is 5.53. The van der Waals surface area contributed by atoms with Gasteiger partial charge < -0.3 is 5.32 Å². The molecule has 1 amide bonds. The van der Waals surface area contributed by atoms with Gasteiger partial charge in [-0.2, -0.15) is 5.10 Å². The Morgan fingerprint density at radius 3 is 2.79 bits per heavy atom. The average Bonchev–Trinajstić information content (AvgIpc) is 2.43. The van der Waals surface area contributed by atoms with Crippen LogP contribution in [0.4, 0.5) is 0 Å². The van der Waals surface area contributed by atoms with Crippen molar-refractivity contribution in [1.82, 2.24) is 15.5 Å². The molecule has 104 valence electrons. The first-order chi connectivity index (χ1) is 9.22.